The van der Waals surface area contributed by atoms with Crippen molar-refractivity contribution in [1.29, 1.82) is 0 Å². The number of carboxylic acid groups (broad SMARTS) is 1. The molecule has 1 atom stereocenters. The van der Waals surface area contributed by atoms with Gasteiger partial charge in [0.25, 0.3) is 0 Å². The van der Waals surface area contributed by atoms with E-state index in [9.17, 15) is 9.59 Å². The van der Waals surface area contributed by atoms with Crippen molar-refractivity contribution in [3.05, 3.63) is 30.1 Å². The van der Waals surface area contributed by atoms with Gasteiger partial charge in [-0.25, -0.2) is 9.78 Å². The number of fused-ring (bicyclic) bond motifs is 1. The average molecular weight is 275 g/mol. The predicted molar refractivity (Wildman–Crippen MR) is 74.7 cm³/mol. The second-order valence-electron chi connectivity index (χ2n) is 4.69. The first-order chi connectivity index (χ1) is 9.45. The van der Waals surface area contributed by atoms with Crippen LogP contribution < -0.4 is 0 Å². The standard InChI is InChI=1S/C14H17N3O3/c1-4-16(3)13(18)9(2)17-8-15-11-6-5-10(14(19)20)7-12(11)17/h5-9H,4H2,1-3H3,(H,19,20). The van der Waals surface area contributed by atoms with Gasteiger partial charge in [0.1, 0.15) is 6.04 Å². The first-order valence-corrected chi connectivity index (χ1v) is 6.40. The number of hydrogen-bond acceptors (Lipinski definition) is 3. The van der Waals surface area contributed by atoms with Crippen LogP contribution in [0.3, 0.4) is 0 Å². The van der Waals surface area contributed by atoms with Crippen LogP contribution in [0.4, 0.5) is 0 Å². The molecule has 0 radical (unpaired) electrons. The molecular weight excluding hydrogens is 258 g/mol. The third-order valence-electron chi connectivity index (χ3n) is 3.45. The Bertz CT molecular complexity index is 663. The first-order valence-electron chi connectivity index (χ1n) is 6.40. The van der Waals surface area contributed by atoms with Crippen molar-refractivity contribution in [2.45, 2.75) is 19.9 Å². The highest BCUT2D eigenvalue weighted by molar-refractivity contribution is 5.93. The summed E-state index contributed by atoms with van der Waals surface area (Å²) in [6, 6.07) is 4.28. The summed E-state index contributed by atoms with van der Waals surface area (Å²) < 4.78 is 1.70. The lowest BCUT2D eigenvalue weighted by Gasteiger charge is -2.21. The summed E-state index contributed by atoms with van der Waals surface area (Å²) in [5.41, 5.74) is 1.51. The van der Waals surface area contributed by atoms with Crippen LogP contribution in [0.1, 0.15) is 30.2 Å². The molecular formula is C14H17N3O3. The molecule has 1 aromatic carbocycles. The largest absolute Gasteiger partial charge is 0.478 e. The zero-order valence-electron chi connectivity index (χ0n) is 11.7. The summed E-state index contributed by atoms with van der Waals surface area (Å²) in [5.74, 6) is -1.03. The number of hydrogen-bond donors (Lipinski definition) is 1. The van der Waals surface area contributed by atoms with Gasteiger partial charge in [0.05, 0.1) is 22.9 Å². The summed E-state index contributed by atoms with van der Waals surface area (Å²) in [7, 11) is 1.74. The lowest BCUT2D eigenvalue weighted by atomic mass is 10.2. The van der Waals surface area contributed by atoms with Crippen molar-refractivity contribution in [3.63, 3.8) is 0 Å². The van der Waals surface area contributed by atoms with Crippen LogP contribution in [0.5, 0.6) is 0 Å². The topological polar surface area (TPSA) is 75.4 Å². The van der Waals surface area contributed by atoms with Crippen LogP contribution in [-0.4, -0.2) is 45.0 Å². The van der Waals surface area contributed by atoms with Crippen molar-refractivity contribution < 1.29 is 14.7 Å². The van der Waals surface area contributed by atoms with E-state index in [-0.39, 0.29) is 11.5 Å². The molecule has 0 saturated carbocycles. The number of nitrogens with zero attached hydrogens (tertiary/aromatic N) is 3. The van der Waals surface area contributed by atoms with E-state index in [4.69, 9.17) is 5.11 Å². The average Bonchev–Trinajstić information content (AvgIpc) is 2.87. The number of likely N-dealkylation sites (N-methyl/N-ethyl adjacent to an activating group) is 1. The van der Waals surface area contributed by atoms with Gasteiger partial charge in [-0.05, 0) is 32.0 Å². The number of imidazole rings is 1. The normalized spacial score (nSPS) is 12.3. The van der Waals surface area contributed by atoms with Gasteiger partial charge in [0, 0.05) is 13.6 Å². The molecule has 1 unspecified atom stereocenters. The van der Waals surface area contributed by atoms with Gasteiger partial charge >= 0.3 is 5.97 Å². The number of rotatable bonds is 4. The predicted octanol–water partition coefficient (Wildman–Crippen LogP) is 1.77. The first kappa shape index (κ1) is 14.0. The number of amides is 1. The van der Waals surface area contributed by atoms with Gasteiger partial charge in [-0.1, -0.05) is 0 Å². The molecule has 1 amide bonds. The van der Waals surface area contributed by atoms with Crippen molar-refractivity contribution in [2.75, 3.05) is 13.6 Å². The highest BCUT2D eigenvalue weighted by Gasteiger charge is 2.20. The number of carboxylic acids is 1. The molecule has 0 spiro atoms. The summed E-state index contributed by atoms with van der Waals surface area (Å²) in [6.45, 7) is 4.30. The number of carbonyl (C=O) groups is 2. The van der Waals surface area contributed by atoms with Crippen LogP contribution in [0, 0.1) is 0 Å². The lowest BCUT2D eigenvalue weighted by Crippen LogP contribution is -2.32. The number of carbonyl (C=O) groups excluding carboxylic acids is 1. The minimum Gasteiger partial charge on any atom is -0.478 e. The van der Waals surface area contributed by atoms with Crippen molar-refractivity contribution in [1.82, 2.24) is 14.5 Å². The Morgan fingerprint density at radius 3 is 2.75 bits per heavy atom. The zero-order chi connectivity index (χ0) is 14.9. The highest BCUT2D eigenvalue weighted by Crippen LogP contribution is 2.20. The van der Waals surface area contributed by atoms with Gasteiger partial charge in [-0.3, -0.25) is 4.79 Å². The molecule has 1 aromatic heterocycles. The van der Waals surface area contributed by atoms with Gasteiger partial charge in [0.15, 0.2) is 0 Å². The molecule has 6 heteroatoms. The molecule has 2 rings (SSSR count). The van der Waals surface area contributed by atoms with Crippen molar-refractivity contribution in [3.8, 4) is 0 Å². The SMILES string of the molecule is CCN(C)C(=O)C(C)n1cnc2ccc(C(=O)O)cc21. The van der Waals surface area contributed by atoms with E-state index < -0.39 is 12.0 Å². The Morgan fingerprint density at radius 2 is 2.15 bits per heavy atom. The second kappa shape index (κ2) is 5.32. The fraction of sp³-hybridized carbons (Fsp3) is 0.357. The summed E-state index contributed by atoms with van der Waals surface area (Å²) >= 11 is 0. The zero-order valence-corrected chi connectivity index (χ0v) is 11.7. The maximum atomic E-state index is 12.2. The molecule has 0 aliphatic rings. The summed E-state index contributed by atoms with van der Waals surface area (Å²) in [6.07, 6.45) is 1.57. The van der Waals surface area contributed by atoms with E-state index in [1.165, 1.54) is 6.07 Å². The fourth-order valence-electron chi connectivity index (χ4n) is 2.06. The van der Waals surface area contributed by atoms with Crippen LogP contribution in [0.25, 0.3) is 11.0 Å². The van der Waals surface area contributed by atoms with Gasteiger partial charge in [-0.15, -0.1) is 0 Å². The van der Waals surface area contributed by atoms with E-state index in [2.05, 4.69) is 4.98 Å². The van der Waals surface area contributed by atoms with Gasteiger partial charge < -0.3 is 14.6 Å². The minimum absolute atomic E-state index is 0.0347. The van der Waals surface area contributed by atoms with Gasteiger partial charge in [-0.2, -0.15) is 0 Å². The Labute approximate surface area is 116 Å². The molecule has 0 aliphatic heterocycles. The Hall–Kier alpha value is -2.37. The molecule has 20 heavy (non-hydrogen) atoms. The smallest absolute Gasteiger partial charge is 0.335 e. The summed E-state index contributed by atoms with van der Waals surface area (Å²) in [4.78, 5) is 29.1. The molecule has 6 nitrogen and oxygen atoms in total. The Morgan fingerprint density at radius 1 is 1.45 bits per heavy atom. The molecule has 0 aliphatic carbocycles. The molecule has 106 valence electrons. The maximum Gasteiger partial charge on any atom is 0.335 e. The molecule has 0 saturated heterocycles. The molecule has 2 aromatic rings. The van der Waals surface area contributed by atoms with Crippen molar-refractivity contribution >= 4 is 22.9 Å². The number of benzene rings is 1. The quantitative estimate of drug-likeness (QED) is 0.922. The van der Waals surface area contributed by atoms with E-state index in [1.807, 2.05) is 6.92 Å². The fourth-order valence-corrected chi connectivity index (χ4v) is 2.06. The van der Waals surface area contributed by atoms with Crippen LogP contribution in [0.2, 0.25) is 0 Å². The van der Waals surface area contributed by atoms with Crippen LogP contribution in [-0.2, 0) is 4.79 Å². The highest BCUT2D eigenvalue weighted by atomic mass is 16.4. The van der Waals surface area contributed by atoms with E-state index in [0.717, 1.165) is 0 Å². The maximum absolute atomic E-state index is 12.2. The Kier molecular flexibility index (Phi) is 3.74. The van der Waals surface area contributed by atoms with E-state index >= 15 is 0 Å². The van der Waals surface area contributed by atoms with E-state index in [1.54, 1.807) is 41.9 Å². The third kappa shape index (κ3) is 2.36. The number of aromatic nitrogens is 2. The number of aromatic carboxylic acids is 1. The lowest BCUT2D eigenvalue weighted by molar-refractivity contribution is -0.132. The summed E-state index contributed by atoms with van der Waals surface area (Å²) in [5, 5.41) is 9.04. The molecule has 0 fully saturated rings. The monoisotopic (exact) mass is 275 g/mol. The Balaban J connectivity index is 2.46. The molecule has 1 heterocycles. The van der Waals surface area contributed by atoms with Crippen LogP contribution in [0.15, 0.2) is 24.5 Å². The van der Waals surface area contributed by atoms with Gasteiger partial charge in [0.2, 0.25) is 5.91 Å². The minimum atomic E-state index is -0.996. The third-order valence-corrected chi connectivity index (χ3v) is 3.45. The van der Waals surface area contributed by atoms with E-state index in [0.29, 0.717) is 17.6 Å². The van der Waals surface area contributed by atoms with Crippen molar-refractivity contribution in [2.24, 2.45) is 0 Å². The second-order valence-corrected chi connectivity index (χ2v) is 4.69. The van der Waals surface area contributed by atoms with Crippen LogP contribution >= 0.6 is 0 Å². The molecule has 1 N–H and O–H groups in total. The molecule has 0 bridgehead atoms.